The number of halogens is 2. The normalized spacial score (nSPS) is 15.4. The zero-order chi connectivity index (χ0) is 77.8. The lowest BCUT2D eigenvalue weighted by Gasteiger charge is -2.18. The number of anilines is 3. The summed E-state index contributed by atoms with van der Waals surface area (Å²) in [5.41, 5.74) is 26.6. The zero-order valence-corrected chi connectivity index (χ0v) is 63.9. The minimum atomic E-state index is -0.443. The highest BCUT2D eigenvalue weighted by atomic mass is 35.5. The maximum absolute atomic E-state index is 16.2. The van der Waals surface area contributed by atoms with Gasteiger partial charge in [-0.2, -0.15) is 4.39 Å². The number of aromatic nitrogens is 9. The van der Waals surface area contributed by atoms with Crippen LogP contribution in [-0.4, -0.2) is 192 Å². The average molecular weight is 1560 g/mol. The van der Waals surface area contributed by atoms with E-state index in [1.165, 1.54) is 19.0 Å². The Morgan fingerprint density at radius 1 is 0.421 bits per heavy atom. The number of amides is 3. The maximum atomic E-state index is 16.2. The lowest BCUT2D eigenvalue weighted by atomic mass is 10.0. The van der Waals surface area contributed by atoms with Gasteiger partial charge in [0.2, 0.25) is 23.7 Å². The number of para-hydroxylation sites is 3. The van der Waals surface area contributed by atoms with Crippen LogP contribution >= 0.6 is 11.6 Å². The Morgan fingerprint density at radius 2 is 0.711 bits per heavy atom. The minimum Gasteiger partial charge on any atom is -0.457 e. The second-order valence-corrected chi connectivity index (χ2v) is 28.6. The van der Waals surface area contributed by atoms with E-state index in [0.29, 0.717) is 126 Å². The second kappa shape index (κ2) is 38.3. The third-order valence-electron chi connectivity index (χ3n) is 19.6. The van der Waals surface area contributed by atoms with Crippen molar-refractivity contribution >= 4 is 79.9 Å². The Morgan fingerprint density at radius 3 is 1.07 bits per heavy atom. The van der Waals surface area contributed by atoms with Crippen LogP contribution in [0.1, 0.15) is 65.4 Å². The fourth-order valence-corrected chi connectivity index (χ4v) is 14.8. The molecule has 6 N–H and O–H groups in total. The number of rotatable bonds is 21. The first-order chi connectivity index (χ1) is 53.8. The van der Waals surface area contributed by atoms with Crippen molar-refractivity contribution in [3.8, 4) is 67.9 Å². The van der Waals surface area contributed by atoms with Crippen molar-refractivity contribution in [2.75, 3.05) is 118 Å². The highest BCUT2D eigenvalue weighted by Gasteiger charge is 2.36. The van der Waals surface area contributed by atoms with Gasteiger partial charge in [-0.3, -0.25) is 19.0 Å². The van der Waals surface area contributed by atoms with Crippen molar-refractivity contribution in [2.45, 2.75) is 66.6 Å². The van der Waals surface area contributed by atoms with Gasteiger partial charge in [0.25, 0.3) is 0 Å². The topological polar surface area (TPSA) is 269 Å². The summed E-state index contributed by atoms with van der Waals surface area (Å²) >= 11 is 7.04. The van der Waals surface area contributed by atoms with Gasteiger partial charge in [-0.25, -0.2) is 29.9 Å². The molecule has 594 valence electrons. The van der Waals surface area contributed by atoms with E-state index in [-0.39, 0.29) is 63.9 Å². The van der Waals surface area contributed by atoms with Crippen LogP contribution in [0.25, 0.3) is 66.5 Å². The van der Waals surface area contributed by atoms with E-state index in [9.17, 15) is 14.4 Å². The Bertz CT molecular complexity index is 4820. The van der Waals surface area contributed by atoms with Crippen LogP contribution in [0.2, 0.25) is 5.15 Å². The molecule has 6 aromatic carbocycles. The summed E-state index contributed by atoms with van der Waals surface area (Å²) in [4.78, 5) is 75.8. The van der Waals surface area contributed by atoms with Crippen LogP contribution in [0.3, 0.4) is 0 Å². The monoisotopic (exact) mass is 1560 g/mol. The Hall–Kier alpha value is -12.3. The Kier molecular flexibility index (Phi) is 28.3. The van der Waals surface area contributed by atoms with Gasteiger partial charge in [-0.05, 0) is 158 Å². The van der Waals surface area contributed by atoms with E-state index in [2.05, 4.69) is 41.4 Å². The van der Waals surface area contributed by atoms with Gasteiger partial charge in [0.15, 0.2) is 0 Å². The molecule has 0 spiro atoms. The molecule has 0 unspecified atom stereocenters. The molecule has 0 radical (unpaired) electrons. The number of benzene rings is 6. The van der Waals surface area contributed by atoms with Crippen molar-refractivity contribution in [3.05, 3.63) is 236 Å². The number of hydrogen-bond donors (Lipinski definition) is 3. The number of ether oxygens (including phenoxy) is 3. The molecule has 114 heavy (non-hydrogen) atoms. The molecule has 3 aliphatic rings. The average Bonchev–Trinajstić information content (AvgIpc) is 1.60. The Balaban J connectivity index is 0.000000179. The van der Waals surface area contributed by atoms with E-state index in [1.54, 1.807) is 52.0 Å². The number of fused-ring (bicyclic) bond motifs is 3. The third-order valence-corrected chi connectivity index (χ3v) is 20.0. The van der Waals surface area contributed by atoms with E-state index < -0.39 is 5.95 Å². The van der Waals surface area contributed by atoms with Gasteiger partial charge < -0.3 is 69.9 Å². The summed E-state index contributed by atoms with van der Waals surface area (Å²) in [7, 11) is 11.8. The van der Waals surface area contributed by atoms with E-state index in [0.717, 1.165) is 75.6 Å². The van der Waals surface area contributed by atoms with Crippen LogP contribution in [0.15, 0.2) is 219 Å². The number of carbonyl (C=O) groups is 3. The van der Waals surface area contributed by atoms with Crippen molar-refractivity contribution in [3.63, 3.8) is 0 Å². The van der Waals surface area contributed by atoms with Gasteiger partial charge in [0, 0.05) is 99.5 Å². The van der Waals surface area contributed by atoms with Gasteiger partial charge in [-0.15, -0.1) is 0 Å². The van der Waals surface area contributed by atoms with Crippen LogP contribution in [0.5, 0.6) is 34.5 Å². The maximum Gasteiger partial charge on any atom is 0.246 e. The van der Waals surface area contributed by atoms with E-state index in [1.807, 2.05) is 229 Å². The SMILES string of the molecule is C.C.C.CN(C)C/C=C/C(=O)N1CC[C@@H](n2c(Cl)c(-c3ccc(Oc4ccccc4)cc3)c3c(N)ncnc32)C1.CN(C)C/C=C/C(=O)N1CC[C@@H](n2c(F)c(-c3ccc(Oc4ccccc4)cc3)c3c(N)ncnc32)C1.Cc1c(-c2ccc(Oc3ccccc3)cc2)c2c(N)ncnc2n1[C@@H]1CCN(C(=O)/C=C/CN(C)C)C1. The molecule has 3 saturated heterocycles. The summed E-state index contributed by atoms with van der Waals surface area (Å²) in [5, 5.41) is 2.54. The number of nitrogen functional groups attached to an aromatic ring is 3. The first-order valence-corrected chi connectivity index (χ1v) is 37.2. The number of carbonyl (C=O) groups excluding carboxylic acids is 3. The number of nitrogens with two attached hydrogens (primary N) is 3. The van der Waals surface area contributed by atoms with Crippen LogP contribution in [-0.2, 0) is 14.4 Å². The molecule has 15 rings (SSSR count). The van der Waals surface area contributed by atoms with Crippen LogP contribution in [0, 0.1) is 12.9 Å². The van der Waals surface area contributed by atoms with Crippen molar-refractivity contribution in [2.24, 2.45) is 0 Å². The molecule has 0 saturated carbocycles. The van der Waals surface area contributed by atoms with Gasteiger partial charge in [0.1, 0.15) is 93.0 Å². The van der Waals surface area contributed by atoms with Crippen molar-refractivity contribution in [1.29, 1.82) is 0 Å². The van der Waals surface area contributed by atoms with E-state index >= 15 is 4.39 Å². The van der Waals surface area contributed by atoms with Crippen LogP contribution in [0.4, 0.5) is 21.8 Å². The number of nitrogens with zero attached hydrogens (tertiary/aromatic N) is 15. The highest BCUT2D eigenvalue weighted by molar-refractivity contribution is 6.35. The predicted octanol–water partition coefficient (Wildman–Crippen LogP) is 16.1. The quantitative estimate of drug-likeness (QED) is 0.0564. The summed E-state index contributed by atoms with van der Waals surface area (Å²) in [6.45, 7) is 7.66. The second-order valence-electron chi connectivity index (χ2n) is 28.3. The predicted molar refractivity (Wildman–Crippen MR) is 455 cm³/mol. The first-order valence-electron chi connectivity index (χ1n) is 36.8. The standard InChI is InChI=1S/C29H32N6O2.C28H29ClN6O2.C28H29FN6O2.3CH4/c1-20-26(21-11-13-24(14-12-21)37-23-8-5-4-6-9-23)27-28(30)31-19-32-29(27)35(20)22-15-17-34(18-22)25(36)10-7-16-33(2)3;2*1-33(2)15-6-9-23(36)34-16-14-20(17-34)35-26(29)24(25-27(30)31-18-32-28(25)35)19-10-12-22(13-11-19)37-21-7-4-3-5-8-21;;;/h4-14,19,22H,15-18H2,1-3H3,(H2,30,31,32);2*3-13,18,20H,14-17H2,1-2H3,(H2,30,31,32);3*1H4/b10-7+;2*9-6+;;;/t22-;2*20-;;;/m111.../s1. The van der Waals surface area contributed by atoms with E-state index in [4.69, 9.17) is 43.0 Å². The largest absolute Gasteiger partial charge is 0.457 e. The summed E-state index contributed by atoms with van der Waals surface area (Å²) in [6.07, 6.45) is 17.1. The van der Waals surface area contributed by atoms with Gasteiger partial charge >= 0.3 is 0 Å². The molecule has 0 aliphatic carbocycles. The fraction of sp³-hybridized carbons (Fsp3) is 0.284. The summed E-state index contributed by atoms with van der Waals surface area (Å²) < 4.78 is 39.7. The molecule has 6 aromatic heterocycles. The fourth-order valence-electron chi connectivity index (χ4n) is 14.3. The molecule has 3 fully saturated rings. The molecule has 24 nitrogen and oxygen atoms in total. The smallest absolute Gasteiger partial charge is 0.246 e. The molecular formula is C88H102ClFN18O6. The van der Waals surface area contributed by atoms with Crippen molar-refractivity contribution in [1.82, 2.24) is 73.0 Å². The minimum absolute atomic E-state index is 0. The molecule has 9 heterocycles. The lowest BCUT2D eigenvalue weighted by Crippen LogP contribution is -2.28. The number of likely N-dealkylation sites (N-methyl/N-ethyl adjacent to an activating group) is 3. The third kappa shape index (κ3) is 19.2. The lowest BCUT2D eigenvalue weighted by molar-refractivity contribution is -0.125. The molecular weight excluding hydrogens is 1460 g/mol. The van der Waals surface area contributed by atoms with Crippen LogP contribution < -0.4 is 31.4 Å². The molecule has 3 amide bonds. The molecule has 3 aliphatic heterocycles. The molecule has 12 aromatic rings. The summed E-state index contributed by atoms with van der Waals surface area (Å²) in [5.74, 6) is 4.92. The Labute approximate surface area is 671 Å². The number of likely N-dealkylation sites (tertiary alicyclic amines) is 3. The first kappa shape index (κ1) is 84.2. The number of hydrogen-bond acceptors (Lipinski definition) is 18. The van der Waals surface area contributed by atoms with Gasteiger partial charge in [-0.1, -0.05) is 143 Å². The molecule has 3 atom stereocenters. The zero-order valence-electron chi connectivity index (χ0n) is 63.1. The molecule has 26 heteroatoms. The van der Waals surface area contributed by atoms with Crippen molar-refractivity contribution < 1.29 is 33.0 Å². The van der Waals surface area contributed by atoms with Gasteiger partial charge in [0.05, 0.1) is 34.3 Å². The highest BCUT2D eigenvalue weighted by Crippen LogP contribution is 2.46. The molecule has 0 bridgehead atoms. The summed E-state index contributed by atoms with van der Waals surface area (Å²) in [6, 6.07) is 51.5.